The molecule has 1 N–H and O–H groups in total. The Hall–Kier alpha value is -2.55. The second-order valence-corrected chi connectivity index (χ2v) is 10.3. The number of nitrogens with zero attached hydrogens (tertiary/aromatic N) is 2. The van der Waals surface area contributed by atoms with Crippen molar-refractivity contribution >= 4 is 33.0 Å². The molecule has 4 rings (SSSR count). The van der Waals surface area contributed by atoms with Crippen molar-refractivity contribution in [1.29, 1.82) is 0 Å². The topological polar surface area (TPSA) is 79.4 Å². The summed E-state index contributed by atoms with van der Waals surface area (Å²) in [6, 6.07) is 15.9. The molecule has 30 heavy (non-hydrogen) atoms. The quantitative estimate of drug-likeness (QED) is 0.645. The second-order valence-electron chi connectivity index (χ2n) is 7.34. The average Bonchev–Trinajstić information content (AvgIpc) is 3.21. The molecule has 0 bridgehead atoms. The standard InChI is InChI=1S/C22H23N3O3S2/c1-16-23-21(15-29-16)17-7-5-9-19(13-17)24-22(26)18-8-6-12-25(14-18)30(27,28)20-10-3-2-4-11-20/h2-5,7,9-11,13,15,18H,6,8,12,14H2,1H3,(H,24,26)/t18-/m1/s1. The van der Waals surface area contributed by atoms with Crippen LogP contribution >= 0.6 is 11.3 Å². The molecule has 1 aromatic heterocycles. The lowest BCUT2D eigenvalue weighted by molar-refractivity contribution is -0.120. The van der Waals surface area contributed by atoms with Gasteiger partial charge in [0.15, 0.2) is 0 Å². The van der Waals surface area contributed by atoms with Crippen molar-refractivity contribution < 1.29 is 13.2 Å². The number of carbonyl (C=O) groups excluding carboxylic acids is 1. The molecule has 1 saturated heterocycles. The van der Waals surface area contributed by atoms with Crippen molar-refractivity contribution in [2.75, 3.05) is 18.4 Å². The van der Waals surface area contributed by atoms with E-state index in [0.717, 1.165) is 16.3 Å². The molecule has 0 saturated carbocycles. The lowest BCUT2D eigenvalue weighted by Crippen LogP contribution is -2.43. The number of carbonyl (C=O) groups is 1. The molecule has 6 nitrogen and oxygen atoms in total. The van der Waals surface area contributed by atoms with Crippen LogP contribution in [-0.4, -0.2) is 36.7 Å². The summed E-state index contributed by atoms with van der Waals surface area (Å²) in [5.41, 5.74) is 2.51. The molecule has 0 radical (unpaired) electrons. The van der Waals surface area contributed by atoms with Crippen molar-refractivity contribution in [2.45, 2.75) is 24.7 Å². The van der Waals surface area contributed by atoms with E-state index >= 15 is 0 Å². The molecule has 2 heterocycles. The first kappa shape index (κ1) is 20.7. The Morgan fingerprint density at radius 2 is 1.97 bits per heavy atom. The van der Waals surface area contributed by atoms with Gasteiger partial charge >= 0.3 is 0 Å². The molecule has 0 unspecified atom stereocenters. The van der Waals surface area contributed by atoms with Gasteiger partial charge in [0.05, 0.1) is 21.5 Å². The zero-order valence-corrected chi connectivity index (χ0v) is 18.2. The Labute approximate surface area is 180 Å². The van der Waals surface area contributed by atoms with Gasteiger partial charge in [-0.1, -0.05) is 30.3 Å². The Kier molecular flexibility index (Phi) is 5.99. The first-order chi connectivity index (χ1) is 14.4. The maximum absolute atomic E-state index is 12.9. The lowest BCUT2D eigenvalue weighted by atomic mass is 9.98. The highest BCUT2D eigenvalue weighted by molar-refractivity contribution is 7.89. The van der Waals surface area contributed by atoms with Crippen molar-refractivity contribution in [3.05, 3.63) is 65.0 Å². The molecule has 0 aliphatic carbocycles. The average molecular weight is 442 g/mol. The number of aryl methyl sites for hydroxylation is 1. The monoisotopic (exact) mass is 441 g/mol. The minimum absolute atomic E-state index is 0.158. The zero-order chi connectivity index (χ0) is 21.1. The second kappa shape index (κ2) is 8.67. The van der Waals surface area contributed by atoms with Crippen molar-refractivity contribution in [1.82, 2.24) is 9.29 Å². The minimum atomic E-state index is -3.60. The summed E-state index contributed by atoms with van der Waals surface area (Å²) < 4.78 is 27.2. The third-order valence-electron chi connectivity index (χ3n) is 5.18. The van der Waals surface area contributed by atoms with Crippen LogP contribution in [0.25, 0.3) is 11.3 Å². The Morgan fingerprint density at radius 3 is 2.70 bits per heavy atom. The van der Waals surface area contributed by atoms with Crippen molar-refractivity contribution in [2.24, 2.45) is 5.92 Å². The number of amides is 1. The maximum Gasteiger partial charge on any atom is 0.243 e. The van der Waals surface area contributed by atoms with Gasteiger partial charge in [0.2, 0.25) is 15.9 Å². The van der Waals surface area contributed by atoms with Crippen LogP contribution in [0.4, 0.5) is 5.69 Å². The van der Waals surface area contributed by atoms with Crippen LogP contribution < -0.4 is 5.32 Å². The molecule has 2 aromatic carbocycles. The Morgan fingerprint density at radius 1 is 1.17 bits per heavy atom. The molecule has 156 valence electrons. The third kappa shape index (κ3) is 4.45. The van der Waals surface area contributed by atoms with Crippen LogP contribution in [0.15, 0.2) is 64.9 Å². The van der Waals surface area contributed by atoms with Crippen molar-refractivity contribution in [3.8, 4) is 11.3 Å². The van der Waals surface area contributed by atoms with Crippen LogP contribution in [0.5, 0.6) is 0 Å². The molecule has 1 aliphatic rings. The number of aromatic nitrogens is 1. The predicted octanol–water partition coefficient (Wildman–Crippen LogP) is 4.16. The van der Waals surface area contributed by atoms with Crippen LogP contribution in [-0.2, 0) is 14.8 Å². The number of nitrogens with one attached hydrogen (secondary N) is 1. The largest absolute Gasteiger partial charge is 0.326 e. The smallest absolute Gasteiger partial charge is 0.243 e. The first-order valence-electron chi connectivity index (χ1n) is 9.82. The van der Waals surface area contributed by atoms with Gasteiger partial charge in [0.25, 0.3) is 0 Å². The Balaban J connectivity index is 1.46. The van der Waals surface area contributed by atoms with E-state index in [-0.39, 0.29) is 23.3 Å². The number of anilines is 1. The van der Waals surface area contributed by atoms with Gasteiger partial charge in [-0.3, -0.25) is 4.79 Å². The third-order valence-corrected chi connectivity index (χ3v) is 7.83. The molecule has 3 aromatic rings. The molecule has 1 amide bonds. The number of benzene rings is 2. The number of sulfonamides is 1. The summed E-state index contributed by atoms with van der Waals surface area (Å²) in [4.78, 5) is 17.6. The minimum Gasteiger partial charge on any atom is -0.326 e. The van der Waals surface area contributed by atoms with Gasteiger partial charge in [-0.05, 0) is 44.0 Å². The van der Waals surface area contributed by atoms with E-state index in [1.807, 2.05) is 36.6 Å². The van der Waals surface area contributed by atoms with Crippen LogP contribution in [0.2, 0.25) is 0 Å². The van der Waals surface area contributed by atoms with E-state index in [1.54, 1.807) is 41.7 Å². The first-order valence-corrected chi connectivity index (χ1v) is 12.1. The highest BCUT2D eigenvalue weighted by Gasteiger charge is 2.33. The number of hydrogen-bond donors (Lipinski definition) is 1. The summed E-state index contributed by atoms with van der Waals surface area (Å²) in [6.45, 7) is 2.58. The summed E-state index contributed by atoms with van der Waals surface area (Å²) in [5.74, 6) is -0.544. The number of rotatable bonds is 5. The summed E-state index contributed by atoms with van der Waals surface area (Å²) >= 11 is 1.58. The summed E-state index contributed by atoms with van der Waals surface area (Å²) in [6.07, 6.45) is 1.32. The van der Waals surface area contributed by atoms with Gasteiger partial charge < -0.3 is 5.32 Å². The number of piperidine rings is 1. The summed E-state index contributed by atoms with van der Waals surface area (Å²) in [7, 11) is -3.60. The highest BCUT2D eigenvalue weighted by atomic mass is 32.2. The van der Waals surface area contributed by atoms with Crippen molar-refractivity contribution in [3.63, 3.8) is 0 Å². The van der Waals surface area contributed by atoms with Gasteiger partial charge in [0, 0.05) is 29.7 Å². The maximum atomic E-state index is 12.9. The van der Waals surface area contributed by atoms with E-state index in [1.165, 1.54) is 4.31 Å². The Bertz CT molecular complexity index is 1140. The molecule has 1 aliphatic heterocycles. The molecule has 8 heteroatoms. The van der Waals surface area contributed by atoms with E-state index in [4.69, 9.17) is 0 Å². The molecule has 0 spiro atoms. The van der Waals surface area contributed by atoms with E-state index in [2.05, 4.69) is 10.3 Å². The molecular formula is C22H23N3O3S2. The van der Waals surface area contributed by atoms with E-state index in [0.29, 0.717) is 25.1 Å². The summed E-state index contributed by atoms with van der Waals surface area (Å²) in [5, 5.41) is 5.93. The predicted molar refractivity (Wildman–Crippen MR) is 119 cm³/mol. The fourth-order valence-corrected chi connectivity index (χ4v) is 5.78. The SMILES string of the molecule is Cc1nc(-c2cccc(NC(=O)[C@@H]3CCCN(S(=O)(=O)c4ccccc4)C3)c2)cs1. The zero-order valence-electron chi connectivity index (χ0n) is 16.6. The molecule has 1 fully saturated rings. The van der Waals surface area contributed by atoms with Gasteiger partial charge in [-0.25, -0.2) is 13.4 Å². The lowest BCUT2D eigenvalue weighted by Gasteiger charge is -2.31. The molecule has 1 atom stereocenters. The highest BCUT2D eigenvalue weighted by Crippen LogP contribution is 2.27. The molecular weight excluding hydrogens is 418 g/mol. The van der Waals surface area contributed by atoms with Gasteiger partial charge in [0.1, 0.15) is 0 Å². The van der Waals surface area contributed by atoms with Crippen LogP contribution in [0, 0.1) is 12.8 Å². The fourth-order valence-electron chi connectivity index (χ4n) is 3.61. The van der Waals surface area contributed by atoms with Gasteiger partial charge in [-0.15, -0.1) is 11.3 Å². The van der Waals surface area contributed by atoms with E-state index < -0.39 is 10.0 Å². The number of thiazole rings is 1. The normalized spacial score (nSPS) is 17.6. The van der Waals surface area contributed by atoms with E-state index in [9.17, 15) is 13.2 Å². The fraction of sp³-hybridized carbons (Fsp3) is 0.273. The van der Waals surface area contributed by atoms with Crippen LogP contribution in [0.1, 0.15) is 17.8 Å². The van der Waals surface area contributed by atoms with Gasteiger partial charge in [-0.2, -0.15) is 4.31 Å². The van der Waals surface area contributed by atoms with Crippen LogP contribution in [0.3, 0.4) is 0 Å². The number of hydrogen-bond acceptors (Lipinski definition) is 5.